The van der Waals surface area contributed by atoms with E-state index in [9.17, 15) is 14.0 Å². The second-order valence-corrected chi connectivity index (χ2v) is 4.41. The van der Waals surface area contributed by atoms with E-state index >= 15 is 0 Å². The van der Waals surface area contributed by atoms with Crippen LogP contribution in [-0.4, -0.2) is 43.3 Å². The van der Waals surface area contributed by atoms with E-state index in [0.717, 1.165) is 6.07 Å². The van der Waals surface area contributed by atoms with Crippen molar-refractivity contribution in [3.05, 3.63) is 29.6 Å². The first-order valence-electron chi connectivity index (χ1n) is 5.98. The van der Waals surface area contributed by atoms with E-state index < -0.39 is 29.7 Å². The molecule has 0 saturated carbocycles. The molecule has 1 aliphatic heterocycles. The largest absolute Gasteiger partial charge is 0.494 e. The standard InChI is InChI=1S/C13H14FNO5/c1-19-11-4-7(2-3-9(11)14)12(16)15-10-6-20-5-8(10)13(17)18/h2-4,8,10H,5-6H2,1H3,(H,15,16)(H,17,18). The van der Waals surface area contributed by atoms with E-state index in [1.54, 1.807) is 0 Å². The summed E-state index contributed by atoms with van der Waals surface area (Å²) in [4.78, 5) is 23.0. The highest BCUT2D eigenvalue weighted by atomic mass is 19.1. The molecule has 6 nitrogen and oxygen atoms in total. The maximum absolute atomic E-state index is 13.3. The van der Waals surface area contributed by atoms with Gasteiger partial charge < -0.3 is 19.9 Å². The third-order valence-corrected chi connectivity index (χ3v) is 3.13. The van der Waals surface area contributed by atoms with Gasteiger partial charge in [0.25, 0.3) is 5.91 Å². The van der Waals surface area contributed by atoms with Crippen molar-refractivity contribution < 1.29 is 28.6 Å². The molecule has 2 rings (SSSR count). The average Bonchev–Trinajstić information content (AvgIpc) is 2.87. The van der Waals surface area contributed by atoms with Gasteiger partial charge in [0.15, 0.2) is 11.6 Å². The van der Waals surface area contributed by atoms with E-state index in [1.807, 2.05) is 0 Å². The Hall–Kier alpha value is -2.15. The van der Waals surface area contributed by atoms with E-state index in [-0.39, 0.29) is 24.5 Å². The molecule has 0 aromatic heterocycles. The average molecular weight is 283 g/mol. The Kier molecular flexibility index (Phi) is 4.19. The van der Waals surface area contributed by atoms with Crippen molar-refractivity contribution >= 4 is 11.9 Å². The van der Waals surface area contributed by atoms with Crippen molar-refractivity contribution in [1.29, 1.82) is 0 Å². The number of aliphatic carboxylic acids is 1. The van der Waals surface area contributed by atoms with Gasteiger partial charge in [0.05, 0.1) is 26.4 Å². The van der Waals surface area contributed by atoms with Crippen LogP contribution in [-0.2, 0) is 9.53 Å². The van der Waals surface area contributed by atoms with Crippen LogP contribution in [0.15, 0.2) is 18.2 Å². The predicted molar refractivity (Wildman–Crippen MR) is 66.2 cm³/mol. The molecule has 7 heteroatoms. The molecule has 0 aliphatic carbocycles. The summed E-state index contributed by atoms with van der Waals surface area (Å²) in [7, 11) is 1.30. The van der Waals surface area contributed by atoms with Crippen LogP contribution in [0.2, 0.25) is 0 Å². The summed E-state index contributed by atoms with van der Waals surface area (Å²) < 4.78 is 23.1. The number of halogens is 1. The SMILES string of the molecule is COc1cc(C(=O)NC2COCC2C(=O)O)ccc1F. The predicted octanol–water partition coefficient (Wildman–Crippen LogP) is 0.664. The van der Waals surface area contributed by atoms with E-state index in [4.69, 9.17) is 14.6 Å². The fourth-order valence-corrected chi connectivity index (χ4v) is 1.99. The van der Waals surface area contributed by atoms with Gasteiger partial charge in [0.2, 0.25) is 0 Å². The quantitative estimate of drug-likeness (QED) is 0.848. The second kappa shape index (κ2) is 5.87. The zero-order chi connectivity index (χ0) is 14.7. The molecule has 1 aliphatic rings. The van der Waals surface area contributed by atoms with Gasteiger partial charge in [0, 0.05) is 5.56 Å². The van der Waals surface area contributed by atoms with Crippen molar-refractivity contribution in [3.8, 4) is 5.75 Å². The summed E-state index contributed by atoms with van der Waals surface area (Å²) in [6, 6.07) is 3.08. The molecule has 1 heterocycles. The zero-order valence-corrected chi connectivity index (χ0v) is 10.8. The Balaban J connectivity index is 2.10. The number of carboxylic acid groups (broad SMARTS) is 1. The third-order valence-electron chi connectivity index (χ3n) is 3.13. The first kappa shape index (κ1) is 14.3. The molecular formula is C13H14FNO5. The fraction of sp³-hybridized carbons (Fsp3) is 0.385. The van der Waals surface area contributed by atoms with Gasteiger partial charge in [-0.3, -0.25) is 9.59 Å². The van der Waals surface area contributed by atoms with Crippen LogP contribution >= 0.6 is 0 Å². The van der Waals surface area contributed by atoms with Gasteiger partial charge in [-0.1, -0.05) is 0 Å². The number of carbonyl (C=O) groups excluding carboxylic acids is 1. The number of amides is 1. The van der Waals surface area contributed by atoms with Crippen LogP contribution < -0.4 is 10.1 Å². The molecule has 108 valence electrons. The van der Waals surface area contributed by atoms with E-state index in [0.29, 0.717) is 0 Å². The van der Waals surface area contributed by atoms with Crippen LogP contribution in [0, 0.1) is 11.7 Å². The normalized spacial score (nSPS) is 21.5. The van der Waals surface area contributed by atoms with Crippen LogP contribution in [0.25, 0.3) is 0 Å². The second-order valence-electron chi connectivity index (χ2n) is 4.41. The van der Waals surface area contributed by atoms with Gasteiger partial charge in [-0.15, -0.1) is 0 Å². The molecule has 20 heavy (non-hydrogen) atoms. The lowest BCUT2D eigenvalue weighted by molar-refractivity contribution is -0.142. The number of rotatable bonds is 4. The lowest BCUT2D eigenvalue weighted by Crippen LogP contribution is -2.42. The van der Waals surface area contributed by atoms with Crippen LogP contribution in [0.3, 0.4) is 0 Å². The van der Waals surface area contributed by atoms with Gasteiger partial charge >= 0.3 is 5.97 Å². The first-order chi connectivity index (χ1) is 9.52. The maximum atomic E-state index is 13.3. The highest BCUT2D eigenvalue weighted by Crippen LogP contribution is 2.19. The topological polar surface area (TPSA) is 84.9 Å². The zero-order valence-electron chi connectivity index (χ0n) is 10.8. The lowest BCUT2D eigenvalue weighted by Gasteiger charge is -2.16. The molecule has 2 N–H and O–H groups in total. The minimum atomic E-state index is -1.02. The first-order valence-corrected chi connectivity index (χ1v) is 5.98. The molecule has 0 bridgehead atoms. The fourth-order valence-electron chi connectivity index (χ4n) is 1.99. The molecule has 0 radical (unpaired) electrons. The number of benzene rings is 1. The number of ether oxygens (including phenoxy) is 2. The van der Waals surface area contributed by atoms with E-state index in [1.165, 1.54) is 19.2 Å². The Morgan fingerprint density at radius 3 is 2.85 bits per heavy atom. The monoisotopic (exact) mass is 283 g/mol. The molecule has 1 fully saturated rings. The molecular weight excluding hydrogens is 269 g/mol. The summed E-state index contributed by atoms with van der Waals surface area (Å²) in [5.41, 5.74) is 0.194. The lowest BCUT2D eigenvalue weighted by atomic mass is 10.0. The Morgan fingerprint density at radius 2 is 2.20 bits per heavy atom. The van der Waals surface area contributed by atoms with Crippen molar-refractivity contribution in [2.45, 2.75) is 6.04 Å². The molecule has 1 aromatic carbocycles. The Bertz CT molecular complexity index is 533. The maximum Gasteiger partial charge on any atom is 0.311 e. The van der Waals surface area contributed by atoms with Crippen LogP contribution in [0.1, 0.15) is 10.4 Å². The number of hydrogen-bond donors (Lipinski definition) is 2. The molecule has 1 amide bonds. The van der Waals surface area contributed by atoms with E-state index in [2.05, 4.69) is 5.32 Å². The number of methoxy groups -OCH3 is 1. The van der Waals surface area contributed by atoms with Crippen molar-refractivity contribution in [2.75, 3.05) is 20.3 Å². The smallest absolute Gasteiger partial charge is 0.311 e. The van der Waals surface area contributed by atoms with Crippen LogP contribution in [0.5, 0.6) is 5.75 Å². The number of carbonyl (C=O) groups is 2. The minimum Gasteiger partial charge on any atom is -0.494 e. The molecule has 1 aromatic rings. The number of hydrogen-bond acceptors (Lipinski definition) is 4. The molecule has 1 saturated heterocycles. The summed E-state index contributed by atoms with van der Waals surface area (Å²) in [5.74, 6) is -2.91. The summed E-state index contributed by atoms with van der Waals surface area (Å²) in [6.07, 6.45) is 0. The molecule has 2 unspecified atom stereocenters. The summed E-state index contributed by atoms with van der Waals surface area (Å²) >= 11 is 0. The van der Waals surface area contributed by atoms with Gasteiger partial charge in [-0.2, -0.15) is 0 Å². The molecule has 2 atom stereocenters. The highest BCUT2D eigenvalue weighted by molar-refractivity contribution is 5.95. The summed E-state index contributed by atoms with van der Waals surface area (Å²) in [5, 5.41) is 11.6. The highest BCUT2D eigenvalue weighted by Gasteiger charge is 2.35. The van der Waals surface area contributed by atoms with Gasteiger partial charge in [-0.05, 0) is 18.2 Å². The molecule has 0 spiro atoms. The van der Waals surface area contributed by atoms with Crippen molar-refractivity contribution in [3.63, 3.8) is 0 Å². The van der Waals surface area contributed by atoms with Gasteiger partial charge in [-0.25, -0.2) is 4.39 Å². The third kappa shape index (κ3) is 2.88. The summed E-state index contributed by atoms with van der Waals surface area (Å²) in [6.45, 7) is 0.202. The Labute approximate surface area is 114 Å². The van der Waals surface area contributed by atoms with Gasteiger partial charge in [0.1, 0.15) is 5.92 Å². The number of nitrogens with one attached hydrogen (secondary N) is 1. The van der Waals surface area contributed by atoms with Crippen molar-refractivity contribution in [1.82, 2.24) is 5.32 Å². The van der Waals surface area contributed by atoms with Crippen molar-refractivity contribution in [2.24, 2.45) is 5.92 Å². The number of carboxylic acids is 1. The Morgan fingerprint density at radius 1 is 1.45 bits per heavy atom. The minimum absolute atomic E-state index is 0.0462. The van der Waals surface area contributed by atoms with Crippen LogP contribution in [0.4, 0.5) is 4.39 Å².